The van der Waals surface area contributed by atoms with E-state index in [-0.39, 0.29) is 23.6 Å². The molecule has 4 aromatic rings. The predicted octanol–water partition coefficient (Wildman–Crippen LogP) is 4.22. The molecule has 0 spiro atoms. The van der Waals surface area contributed by atoms with Gasteiger partial charge in [0.15, 0.2) is 0 Å². The van der Waals surface area contributed by atoms with Crippen LogP contribution in [0.5, 0.6) is 17.4 Å². The van der Waals surface area contributed by atoms with Crippen molar-refractivity contribution in [3.63, 3.8) is 0 Å². The third-order valence-electron chi connectivity index (χ3n) is 5.32. The summed E-state index contributed by atoms with van der Waals surface area (Å²) >= 11 is 0. The van der Waals surface area contributed by atoms with Crippen LogP contribution < -0.4 is 20.3 Å². The Kier molecular flexibility index (Phi) is 7.79. The summed E-state index contributed by atoms with van der Waals surface area (Å²) in [7, 11) is 1.54. The van der Waals surface area contributed by atoms with Crippen molar-refractivity contribution in [2.75, 3.05) is 19.0 Å². The first-order chi connectivity index (χ1) is 18.4. The molecule has 2 aromatic carbocycles. The minimum Gasteiger partial charge on any atom is -0.497 e. The van der Waals surface area contributed by atoms with Crippen LogP contribution in [0.3, 0.4) is 0 Å². The number of rotatable bonds is 8. The molecule has 190 valence electrons. The molecule has 4 rings (SSSR count). The molecule has 2 heterocycles. The minimum absolute atomic E-state index is 0.0780. The Hall–Kier alpha value is -5.43. The van der Waals surface area contributed by atoms with E-state index in [4.69, 9.17) is 14.2 Å². The number of esters is 1. The maximum Gasteiger partial charge on any atom is 0.338 e. The third-order valence-corrected chi connectivity index (χ3v) is 5.32. The molecule has 38 heavy (non-hydrogen) atoms. The smallest absolute Gasteiger partial charge is 0.338 e. The average molecular weight is 511 g/mol. The summed E-state index contributed by atoms with van der Waals surface area (Å²) in [6, 6.07) is 19.5. The minimum atomic E-state index is -0.760. The number of hydrogen-bond donors (Lipinski definition) is 1. The van der Waals surface area contributed by atoms with E-state index in [9.17, 15) is 19.6 Å². The summed E-state index contributed by atoms with van der Waals surface area (Å²) in [5, 5.41) is 12.3. The van der Waals surface area contributed by atoms with Crippen molar-refractivity contribution < 1.29 is 23.8 Å². The number of benzene rings is 2. The number of nitriles is 1. The zero-order valence-electron chi connectivity index (χ0n) is 20.5. The van der Waals surface area contributed by atoms with Crippen molar-refractivity contribution >= 4 is 29.3 Å². The molecular weight excluding hydrogens is 488 g/mol. The van der Waals surface area contributed by atoms with Gasteiger partial charge in [0.2, 0.25) is 5.88 Å². The van der Waals surface area contributed by atoms with E-state index in [1.807, 2.05) is 6.07 Å². The first-order valence-electron chi connectivity index (χ1n) is 11.5. The standard InChI is InChI=1S/C28H22N4O6/c1-3-37-28(35)18-7-9-20(10-8-18)30-25(33)19(17-29)16-23-26(38-22-13-11-21(36-2)12-14-22)31-24-6-4-5-15-32(24)27(23)34/h4-16H,3H2,1-2H3,(H,30,33)/b19-16-. The van der Waals surface area contributed by atoms with Gasteiger partial charge in [0.05, 0.1) is 19.3 Å². The second-order valence-electron chi connectivity index (χ2n) is 7.76. The number of nitrogens with one attached hydrogen (secondary N) is 1. The fourth-order valence-electron chi connectivity index (χ4n) is 3.43. The Bertz CT molecular complexity index is 1620. The van der Waals surface area contributed by atoms with Crippen molar-refractivity contribution in [2.24, 2.45) is 0 Å². The quantitative estimate of drug-likeness (QED) is 0.212. The van der Waals surface area contributed by atoms with Crippen molar-refractivity contribution in [3.05, 3.63) is 100.0 Å². The highest BCUT2D eigenvalue weighted by Crippen LogP contribution is 2.26. The fourth-order valence-corrected chi connectivity index (χ4v) is 3.43. The topological polar surface area (TPSA) is 132 Å². The monoisotopic (exact) mass is 510 g/mol. The molecular formula is C28H22N4O6. The highest BCUT2D eigenvalue weighted by molar-refractivity contribution is 6.10. The number of hydrogen-bond acceptors (Lipinski definition) is 8. The summed E-state index contributed by atoms with van der Waals surface area (Å²) < 4.78 is 17.3. The average Bonchev–Trinajstić information content (AvgIpc) is 2.94. The van der Waals surface area contributed by atoms with Gasteiger partial charge in [-0.3, -0.25) is 14.0 Å². The van der Waals surface area contributed by atoms with Crippen LogP contribution in [0, 0.1) is 11.3 Å². The summed E-state index contributed by atoms with van der Waals surface area (Å²) in [6.45, 7) is 1.94. The molecule has 0 unspecified atom stereocenters. The van der Waals surface area contributed by atoms with Crippen LogP contribution in [0.15, 0.2) is 83.3 Å². The van der Waals surface area contributed by atoms with E-state index in [1.54, 1.807) is 49.4 Å². The number of fused-ring (bicyclic) bond motifs is 1. The largest absolute Gasteiger partial charge is 0.497 e. The van der Waals surface area contributed by atoms with Gasteiger partial charge >= 0.3 is 5.97 Å². The number of aromatic nitrogens is 2. The molecule has 0 aliphatic carbocycles. The first kappa shape index (κ1) is 25.7. The number of carbonyl (C=O) groups excluding carboxylic acids is 2. The maximum atomic E-state index is 13.3. The summed E-state index contributed by atoms with van der Waals surface area (Å²) in [5.41, 5.74) is 0.00714. The molecule has 0 fully saturated rings. The van der Waals surface area contributed by atoms with E-state index >= 15 is 0 Å². The molecule has 0 aliphatic rings. The zero-order valence-corrected chi connectivity index (χ0v) is 20.5. The van der Waals surface area contributed by atoms with Crippen molar-refractivity contribution in [1.82, 2.24) is 9.38 Å². The molecule has 1 N–H and O–H groups in total. The summed E-state index contributed by atoms with van der Waals surface area (Å²) in [5.74, 6) is -0.341. The fraction of sp³-hybridized carbons (Fsp3) is 0.107. The van der Waals surface area contributed by atoms with Crippen LogP contribution in [-0.2, 0) is 9.53 Å². The van der Waals surface area contributed by atoms with Gasteiger partial charge in [-0.05, 0) is 73.7 Å². The summed E-state index contributed by atoms with van der Waals surface area (Å²) in [4.78, 5) is 42.5. The number of ether oxygens (including phenoxy) is 3. The van der Waals surface area contributed by atoms with Crippen LogP contribution in [0.2, 0.25) is 0 Å². The van der Waals surface area contributed by atoms with E-state index in [1.165, 1.54) is 42.0 Å². The van der Waals surface area contributed by atoms with E-state index in [2.05, 4.69) is 10.3 Å². The van der Waals surface area contributed by atoms with Crippen molar-refractivity contribution in [1.29, 1.82) is 5.26 Å². The van der Waals surface area contributed by atoms with E-state index < -0.39 is 17.4 Å². The van der Waals surface area contributed by atoms with Gasteiger partial charge in [-0.15, -0.1) is 0 Å². The second kappa shape index (κ2) is 11.5. The number of anilines is 1. The third kappa shape index (κ3) is 5.68. The number of carbonyl (C=O) groups is 2. The lowest BCUT2D eigenvalue weighted by molar-refractivity contribution is -0.112. The first-order valence-corrected chi connectivity index (χ1v) is 11.5. The van der Waals surface area contributed by atoms with Gasteiger partial charge in [0.1, 0.15) is 34.4 Å². The lowest BCUT2D eigenvalue weighted by Crippen LogP contribution is -2.20. The molecule has 10 heteroatoms. The molecule has 10 nitrogen and oxygen atoms in total. The van der Waals surface area contributed by atoms with Gasteiger partial charge in [-0.1, -0.05) is 6.07 Å². The number of pyridine rings is 1. The van der Waals surface area contributed by atoms with E-state index in [0.29, 0.717) is 28.4 Å². The Balaban J connectivity index is 1.68. The Morgan fingerprint density at radius 2 is 1.76 bits per heavy atom. The van der Waals surface area contributed by atoms with Gasteiger partial charge in [0.25, 0.3) is 11.5 Å². The molecule has 0 atom stereocenters. The highest BCUT2D eigenvalue weighted by atomic mass is 16.5. The summed E-state index contributed by atoms with van der Waals surface area (Å²) in [6.07, 6.45) is 2.66. The highest BCUT2D eigenvalue weighted by Gasteiger charge is 2.18. The van der Waals surface area contributed by atoms with Crippen LogP contribution in [0.4, 0.5) is 5.69 Å². The van der Waals surface area contributed by atoms with Gasteiger partial charge in [-0.25, -0.2) is 4.79 Å². The van der Waals surface area contributed by atoms with E-state index in [0.717, 1.165) is 6.08 Å². The van der Waals surface area contributed by atoms with Crippen LogP contribution in [0.1, 0.15) is 22.8 Å². The number of nitrogens with zero attached hydrogens (tertiary/aromatic N) is 3. The lowest BCUT2D eigenvalue weighted by Gasteiger charge is -2.11. The molecule has 0 saturated heterocycles. The van der Waals surface area contributed by atoms with Crippen LogP contribution in [0.25, 0.3) is 11.7 Å². The van der Waals surface area contributed by atoms with Crippen LogP contribution in [-0.4, -0.2) is 35.0 Å². The second-order valence-corrected chi connectivity index (χ2v) is 7.76. The lowest BCUT2D eigenvalue weighted by atomic mass is 10.1. The normalized spacial score (nSPS) is 10.9. The van der Waals surface area contributed by atoms with Gasteiger partial charge in [-0.2, -0.15) is 10.2 Å². The molecule has 0 saturated carbocycles. The van der Waals surface area contributed by atoms with Gasteiger partial charge in [0, 0.05) is 11.9 Å². The number of methoxy groups -OCH3 is 1. The molecule has 0 bridgehead atoms. The SMILES string of the molecule is CCOC(=O)c1ccc(NC(=O)/C(C#N)=C\c2c(Oc3ccc(OC)cc3)nc3ccccn3c2=O)cc1. The molecule has 0 aliphatic heterocycles. The molecule has 2 aromatic heterocycles. The number of amides is 1. The molecule has 0 radical (unpaired) electrons. The predicted molar refractivity (Wildman–Crippen MR) is 139 cm³/mol. The Morgan fingerprint density at radius 3 is 2.42 bits per heavy atom. The van der Waals surface area contributed by atoms with Crippen molar-refractivity contribution in [2.45, 2.75) is 6.92 Å². The Morgan fingerprint density at radius 1 is 1.05 bits per heavy atom. The van der Waals surface area contributed by atoms with Crippen molar-refractivity contribution in [3.8, 4) is 23.4 Å². The van der Waals surface area contributed by atoms with Gasteiger partial charge < -0.3 is 19.5 Å². The zero-order chi connectivity index (χ0) is 27.1. The Labute approximate surface area is 217 Å². The maximum absolute atomic E-state index is 13.3. The van der Waals surface area contributed by atoms with Crippen LogP contribution >= 0.6 is 0 Å². The molecule has 1 amide bonds.